The quantitative estimate of drug-likeness (QED) is 0.350. The van der Waals surface area contributed by atoms with Crippen molar-refractivity contribution in [3.63, 3.8) is 0 Å². The summed E-state index contributed by atoms with van der Waals surface area (Å²) in [5.41, 5.74) is 0.423. The summed E-state index contributed by atoms with van der Waals surface area (Å²) in [5.74, 6) is -8.18. The van der Waals surface area contributed by atoms with Gasteiger partial charge in [0.2, 0.25) is 5.91 Å². The lowest BCUT2D eigenvalue weighted by molar-refractivity contribution is -0.147. The van der Waals surface area contributed by atoms with E-state index in [1.165, 1.54) is 10.6 Å². The van der Waals surface area contributed by atoms with Crippen LogP contribution in [0.2, 0.25) is 0 Å². The molecule has 0 saturated carbocycles. The van der Waals surface area contributed by atoms with Crippen LogP contribution in [0.3, 0.4) is 0 Å². The van der Waals surface area contributed by atoms with Crippen LogP contribution in [0, 0.1) is 11.6 Å². The number of aliphatic hydroxyl groups is 1. The van der Waals surface area contributed by atoms with E-state index < -0.39 is 78.5 Å². The number of nitrogens with zero attached hydrogens (tertiary/aromatic N) is 2. The maximum atomic E-state index is 14.5. The second kappa shape index (κ2) is 11.9. The van der Waals surface area contributed by atoms with E-state index in [0.29, 0.717) is 10.5 Å². The predicted octanol–water partition coefficient (Wildman–Crippen LogP) is 2.56. The zero-order valence-corrected chi connectivity index (χ0v) is 21.5. The first-order valence-corrected chi connectivity index (χ1v) is 12.5. The molecule has 3 aromatic rings. The van der Waals surface area contributed by atoms with Gasteiger partial charge in [0.15, 0.2) is 6.10 Å². The smallest absolute Gasteiger partial charge is 0.268 e. The number of carbonyl (C=O) groups excluding carboxylic acids is 3. The molecule has 0 radical (unpaired) electrons. The Balaban J connectivity index is 1.54. The Kier molecular flexibility index (Phi) is 8.58. The topological polar surface area (TPSA) is 104 Å². The van der Waals surface area contributed by atoms with Crippen LogP contribution in [0.4, 0.5) is 17.6 Å². The van der Waals surface area contributed by atoms with E-state index in [0.717, 1.165) is 18.2 Å². The van der Waals surface area contributed by atoms with Crippen LogP contribution in [0.25, 0.3) is 0 Å². The Morgan fingerprint density at radius 2 is 1.70 bits per heavy atom. The standard InChI is InChI=1S/C28H28F4N4O4/c1-35-12-6-11-22(35)26(39)34-21(13-17-7-3-2-4-8-17)24(37)27(40)36-16-28(31,32)14-23(36)25(38)33-15-18-19(29)9-5-10-20(18)30/h2-12,21,23-24,37H,13-16H2,1H3,(H,33,38)(H,34,39). The molecule has 3 atom stereocenters. The lowest BCUT2D eigenvalue weighted by Gasteiger charge is -2.30. The molecule has 0 spiro atoms. The largest absolute Gasteiger partial charge is 0.381 e. The van der Waals surface area contributed by atoms with Gasteiger partial charge < -0.3 is 25.2 Å². The van der Waals surface area contributed by atoms with Crippen molar-refractivity contribution in [2.75, 3.05) is 6.54 Å². The number of aryl methyl sites for hydroxylation is 1. The normalized spacial score (nSPS) is 17.8. The summed E-state index contributed by atoms with van der Waals surface area (Å²) >= 11 is 0. The highest BCUT2D eigenvalue weighted by atomic mass is 19.3. The first-order chi connectivity index (χ1) is 19.0. The van der Waals surface area contributed by atoms with Crippen LogP contribution in [0.5, 0.6) is 0 Å². The molecule has 1 aliphatic rings. The van der Waals surface area contributed by atoms with Gasteiger partial charge in [-0.2, -0.15) is 0 Å². The number of nitrogens with one attached hydrogen (secondary N) is 2. The van der Waals surface area contributed by atoms with Crippen LogP contribution in [-0.2, 0) is 29.6 Å². The first-order valence-electron chi connectivity index (χ1n) is 12.5. The zero-order valence-electron chi connectivity index (χ0n) is 21.5. The van der Waals surface area contributed by atoms with E-state index >= 15 is 0 Å². The van der Waals surface area contributed by atoms with E-state index in [1.54, 1.807) is 49.6 Å². The Labute approximate surface area is 227 Å². The van der Waals surface area contributed by atoms with Crippen LogP contribution < -0.4 is 10.6 Å². The molecule has 0 aliphatic carbocycles. The highest BCUT2D eigenvalue weighted by Crippen LogP contribution is 2.33. The van der Waals surface area contributed by atoms with Gasteiger partial charge in [-0.3, -0.25) is 14.4 Å². The molecule has 1 aromatic heterocycles. The van der Waals surface area contributed by atoms with Crippen molar-refractivity contribution in [3.05, 3.63) is 95.3 Å². The molecule has 4 rings (SSSR count). The van der Waals surface area contributed by atoms with Gasteiger partial charge in [0.05, 0.1) is 12.6 Å². The molecule has 212 valence electrons. The van der Waals surface area contributed by atoms with Crippen molar-refractivity contribution in [2.45, 2.75) is 43.5 Å². The molecule has 3 amide bonds. The Bertz CT molecular complexity index is 1360. The zero-order chi connectivity index (χ0) is 29.0. The summed E-state index contributed by atoms with van der Waals surface area (Å²) in [7, 11) is 1.63. The van der Waals surface area contributed by atoms with Gasteiger partial charge in [0.25, 0.3) is 17.7 Å². The molecule has 0 bridgehead atoms. The fourth-order valence-corrected chi connectivity index (χ4v) is 4.67. The number of hydrogen-bond acceptors (Lipinski definition) is 4. The summed E-state index contributed by atoms with van der Waals surface area (Å²) in [5, 5.41) is 15.9. The van der Waals surface area contributed by atoms with E-state index in [9.17, 15) is 37.1 Å². The van der Waals surface area contributed by atoms with E-state index in [-0.39, 0.29) is 12.1 Å². The number of halogens is 4. The minimum atomic E-state index is -3.46. The monoisotopic (exact) mass is 560 g/mol. The number of rotatable bonds is 9. The molecule has 3 N–H and O–H groups in total. The number of likely N-dealkylation sites (tertiary alicyclic amines) is 1. The number of alkyl halides is 2. The van der Waals surface area contributed by atoms with Crippen molar-refractivity contribution in [1.29, 1.82) is 0 Å². The number of aromatic nitrogens is 1. The summed E-state index contributed by atoms with van der Waals surface area (Å²) in [4.78, 5) is 39.7. The van der Waals surface area contributed by atoms with Gasteiger partial charge in [-0.15, -0.1) is 0 Å². The van der Waals surface area contributed by atoms with Crippen molar-refractivity contribution in [1.82, 2.24) is 20.1 Å². The minimum absolute atomic E-state index is 0.0163. The number of aliphatic hydroxyl groups excluding tert-OH is 1. The van der Waals surface area contributed by atoms with Crippen molar-refractivity contribution in [2.24, 2.45) is 7.05 Å². The molecular formula is C28H28F4N4O4. The van der Waals surface area contributed by atoms with Gasteiger partial charge in [0, 0.05) is 31.8 Å². The van der Waals surface area contributed by atoms with Crippen molar-refractivity contribution < 1.29 is 37.1 Å². The van der Waals surface area contributed by atoms with Gasteiger partial charge in [-0.1, -0.05) is 36.4 Å². The Hall–Kier alpha value is -4.19. The Morgan fingerprint density at radius 1 is 1.02 bits per heavy atom. The molecule has 40 heavy (non-hydrogen) atoms. The average Bonchev–Trinajstić information content (AvgIpc) is 3.49. The maximum absolute atomic E-state index is 14.5. The number of hydrogen-bond donors (Lipinski definition) is 3. The molecule has 2 heterocycles. The van der Waals surface area contributed by atoms with E-state index in [2.05, 4.69) is 10.6 Å². The second-order valence-corrected chi connectivity index (χ2v) is 9.68. The maximum Gasteiger partial charge on any atom is 0.268 e. The van der Waals surface area contributed by atoms with Gasteiger partial charge in [-0.25, -0.2) is 17.6 Å². The first kappa shape index (κ1) is 28.8. The van der Waals surface area contributed by atoms with E-state index in [1.807, 2.05) is 0 Å². The molecule has 1 saturated heterocycles. The molecule has 2 aromatic carbocycles. The second-order valence-electron chi connectivity index (χ2n) is 9.68. The van der Waals surface area contributed by atoms with Gasteiger partial charge in [-0.05, 0) is 36.2 Å². The third-order valence-corrected chi connectivity index (χ3v) is 6.78. The van der Waals surface area contributed by atoms with Crippen LogP contribution in [0.1, 0.15) is 28.0 Å². The van der Waals surface area contributed by atoms with Crippen molar-refractivity contribution >= 4 is 17.7 Å². The van der Waals surface area contributed by atoms with Crippen LogP contribution in [-0.4, -0.2) is 63.0 Å². The molecule has 12 heteroatoms. The lowest BCUT2D eigenvalue weighted by Crippen LogP contribution is -2.56. The van der Waals surface area contributed by atoms with Crippen LogP contribution in [0.15, 0.2) is 66.9 Å². The van der Waals surface area contributed by atoms with Crippen LogP contribution >= 0.6 is 0 Å². The fraction of sp³-hybridized carbons (Fsp3) is 0.321. The van der Waals surface area contributed by atoms with E-state index in [4.69, 9.17) is 0 Å². The molecular weight excluding hydrogens is 532 g/mol. The van der Waals surface area contributed by atoms with Crippen molar-refractivity contribution in [3.8, 4) is 0 Å². The minimum Gasteiger partial charge on any atom is -0.381 e. The lowest BCUT2D eigenvalue weighted by atomic mass is 9.99. The number of benzene rings is 2. The molecule has 3 unspecified atom stereocenters. The third kappa shape index (κ3) is 6.50. The summed E-state index contributed by atoms with van der Waals surface area (Å²) in [6, 6.07) is 11.9. The number of carbonyl (C=O) groups is 3. The Morgan fingerprint density at radius 3 is 2.33 bits per heavy atom. The number of amides is 3. The highest BCUT2D eigenvalue weighted by molar-refractivity contribution is 5.94. The summed E-state index contributed by atoms with van der Waals surface area (Å²) in [6.45, 7) is -1.79. The average molecular weight is 561 g/mol. The SMILES string of the molecule is Cn1cccc1C(=O)NC(Cc1ccccc1)C(O)C(=O)N1CC(F)(F)CC1C(=O)NCc1c(F)cccc1F. The predicted molar refractivity (Wildman–Crippen MR) is 136 cm³/mol. The highest BCUT2D eigenvalue weighted by Gasteiger charge is 2.51. The van der Waals surface area contributed by atoms with Gasteiger partial charge in [0.1, 0.15) is 23.4 Å². The fourth-order valence-electron chi connectivity index (χ4n) is 4.67. The summed E-state index contributed by atoms with van der Waals surface area (Å²) in [6.07, 6.45) is -1.42. The third-order valence-electron chi connectivity index (χ3n) is 6.78. The molecule has 8 nitrogen and oxygen atoms in total. The molecule has 1 fully saturated rings. The summed E-state index contributed by atoms with van der Waals surface area (Å²) < 4.78 is 58.4. The molecule has 1 aliphatic heterocycles. The van der Waals surface area contributed by atoms with Gasteiger partial charge >= 0.3 is 0 Å².